The molecule has 0 saturated heterocycles. The molecule has 2 nitrogen and oxygen atoms in total. The van der Waals surface area contributed by atoms with Crippen LogP contribution in [0.2, 0.25) is 10.0 Å². The molecule has 1 N–H and O–H groups in total. The van der Waals surface area contributed by atoms with Gasteiger partial charge in [0.05, 0.1) is 15.6 Å². The number of H-pyrrole nitrogens is 1. The van der Waals surface area contributed by atoms with Crippen LogP contribution < -0.4 is 4.74 Å². The molecule has 0 atom stereocenters. The van der Waals surface area contributed by atoms with E-state index in [1.54, 1.807) is 12.3 Å². The number of hydrogen-bond donors (Lipinski definition) is 1. The summed E-state index contributed by atoms with van der Waals surface area (Å²) < 4.78 is 17.2. The standard InChI is InChI=1S/C10H8Cl2FNO/c11-7-5-8(15-4-2-13)6-1-3-14-10(6)9(7)12/h1,3,5,14H,2,4H2. The van der Waals surface area contributed by atoms with Crippen LogP contribution in [-0.4, -0.2) is 18.3 Å². The molecule has 0 aliphatic rings. The van der Waals surface area contributed by atoms with Crippen LogP contribution in [0.3, 0.4) is 0 Å². The molecule has 1 aromatic heterocycles. The van der Waals surface area contributed by atoms with Crippen LogP contribution >= 0.6 is 23.2 Å². The van der Waals surface area contributed by atoms with Gasteiger partial charge in [0, 0.05) is 17.6 Å². The number of aromatic amines is 1. The van der Waals surface area contributed by atoms with Crippen LogP contribution in [0.5, 0.6) is 5.75 Å². The highest BCUT2D eigenvalue weighted by Gasteiger charge is 2.11. The van der Waals surface area contributed by atoms with Gasteiger partial charge in [-0.05, 0) is 6.07 Å². The molecule has 15 heavy (non-hydrogen) atoms. The Morgan fingerprint density at radius 2 is 2.20 bits per heavy atom. The Kier molecular flexibility index (Phi) is 3.03. The number of benzene rings is 1. The van der Waals surface area contributed by atoms with Gasteiger partial charge in [-0.2, -0.15) is 0 Å². The maximum atomic E-state index is 12.0. The van der Waals surface area contributed by atoms with E-state index in [0.29, 0.717) is 21.3 Å². The Bertz CT molecular complexity index is 483. The van der Waals surface area contributed by atoms with Crippen molar-refractivity contribution in [2.24, 2.45) is 0 Å². The van der Waals surface area contributed by atoms with Crippen molar-refractivity contribution in [3.05, 3.63) is 28.4 Å². The normalized spacial score (nSPS) is 10.9. The van der Waals surface area contributed by atoms with Gasteiger partial charge in [0.15, 0.2) is 0 Å². The second kappa shape index (κ2) is 4.29. The van der Waals surface area contributed by atoms with Crippen LogP contribution in [0, 0.1) is 0 Å². The van der Waals surface area contributed by atoms with Crippen molar-refractivity contribution in [2.75, 3.05) is 13.3 Å². The number of halogens is 3. The molecule has 0 aliphatic heterocycles. The molecule has 0 fully saturated rings. The topological polar surface area (TPSA) is 25.0 Å². The lowest BCUT2D eigenvalue weighted by Crippen LogP contribution is -1.99. The lowest BCUT2D eigenvalue weighted by molar-refractivity contribution is 0.276. The third-order valence-electron chi connectivity index (χ3n) is 2.03. The maximum absolute atomic E-state index is 12.0. The summed E-state index contributed by atoms with van der Waals surface area (Å²) in [5.41, 5.74) is 0.707. The van der Waals surface area contributed by atoms with Crippen LogP contribution in [0.25, 0.3) is 10.9 Å². The third kappa shape index (κ3) is 1.90. The van der Waals surface area contributed by atoms with E-state index < -0.39 is 6.67 Å². The summed E-state index contributed by atoms with van der Waals surface area (Å²) in [5, 5.41) is 1.64. The van der Waals surface area contributed by atoms with Gasteiger partial charge in [0.1, 0.15) is 19.0 Å². The Balaban J connectivity index is 2.53. The van der Waals surface area contributed by atoms with E-state index in [0.717, 1.165) is 5.39 Å². The third-order valence-corrected chi connectivity index (χ3v) is 2.82. The SMILES string of the molecule is FCCOc1cc(Cl)c(Cl)c2[nH]ccc12. The average molecular weight is 248 g/mol. The molecule has 0 spiro atoms. The van der Waals surface area contributed by atoms with Crippen molar-refractivity contribution in [3.63, 3.8) is 0 Å². The lowest BCUT2D eigenvalue weighted by atomic mass is 10.2. The summed E-state index contributed by atoms with van der Waals surface area (Å²) in [6.07, 6.45) is 1.73. The zero-order valence-corrected chi connectivity index (χ0v) is 9.20. The fourth-order valence-electron chi connectivity index (χ4n) is 1.40. The Hall–Kier alpha value is -0.930. The predicted octanol–water partition coefficient (Wildman–Crippen LogP) is 3.82. The number of fused-ring (bicyclic) bond motifs is 1. The molecule has 0 radical (unpaired) electrons. The van der Waals surface area contributed by atoms with Gasteiger partial charge in [-0.25, -0.2) is 4.39 Å². The minimum atomic E-state index is -0.536. The summed E-state index contributed by atoms with van der Waals surface area (Å²) in [7, 11) is 0. The molecule has 0 saturated carbocycles. The number of ether oxygens (including phenoxy) is 1. The monoisotopic (exact) mass is 247 g/mol. The number of rotatable bonds is 3. The van der Waals surface area contributed by atoms with Crippen molar-refractivity contribution in [3.8, 4) is 5.75 Å². The predicted molar refractivity (Wildman–Crippen MR) is 59.8 cm³/mol. The molecule has 80 valence electrons. The van der Waals surface area contributed by atoms with Crippen molar-refractivity contribution >= 4 is 34.1 Å². The van der Waals surface area contributed by atoms with Crippen LogP contribution in [0.4, 0.5) is 4.39 Å². The van der Waals surface area contributed by atoms with Crippen molar-refractivity contribution < 1.29 is 9.13 Å². The highest BCUT2D eigenvalue weighted by atomic mass is 35.5. The minimum Gasteiger partial charge on any atom is -0.490 e. The molecule has 0 aliphatic carbocycles. The first kappa shape index (κ1) is 10.6. The van der Waals surface area contributed by atoms with Gasteiger partial charge in [-0.1, -0.05) is 23.2 Å². The van der Waals surface area contributed by atoms with E-state index >= 15 is 0 Å². The first-order valence-corrected chi connectivity index (χ1v) is 5.13. The van der Waals surface area contributed by atoms with Crippen molar-refractivity contribution in [1.29, 1.82) is 0 Å². The van der Waals surface area contributed by atoms with Crippen LogP contribution in [-0.2, 0) is 0 Å². The molecule has 0 unspecified atom stereocenters. The molecule has 0 bridgehead atoms. The van der Waals surface area contributed by atoms with Gasteiger partial charge in [0.2, 0.25) is 0 Å². The molecule has 5 heteroatoms. The van der Waals surface area contributed by atoms with Crippen molar-refractivity contribution in [2.45, 2.75) is 0 Å². The van der Waals surface area contributed by atoms with Crippen LogP contribution in [0.15, 0.2) is 18.3 Å². The number of hydrogen-bond acceptors (Lipinski definition) is 1. The summed E-state index contributed by atoms with van der Waals surface area (Å²) in [5.74, 6) is 0.540. The first-order valence-electron chi connectivity index (χ1n) is 4.38. The van der Waals surface area contributed by atoms with E-state index in [1.807, 2.05) is 6.07 Å². The molecule has 2 aromatic rings. The van der Waals surface area contributed by atoms with Gasteiger partial charge in [-0.15, -0.1) is 0 Å². The first-order chi connectivity index (χ1) is 7.24. The smallest absolute Gasteiger partial charge is 0.130 e. The molecule has 0 amide bonds. The van der Waals surface area contributed by atoms with Gasteiger partial charge in [0.25, 0.3) is 0 Å². The minimum absolute atomic E-state index is 0.0121. The highest BCUT2D eigenvalue weighted by Crippen LogP contribution is 2.36. The summed E-state index contributed by atoms with van der Waals surface area (Å²) in [6, 6.07) is 3.40. The molecule has 1 aromatic carbocycles. The van der Waals surface area contributed by atoms with E-state index in [1.165, 1.54) is 0 Å². The second-order valence-electron chi connectivity index (χ2n) is 2.97. The number of alkyl halides is 1. The summed E-state index contributed by atoms with van der Waals surface area (Å²) in [4.78, 5) is 2.96. The maximum Gasteiger partial charge on any atom is 0.130 e. The number of nitrogens with one attached hydrogen (secondary N) is 1. The summed E-state index contributed by atoms with van der Waals surface area (Å²) in [6.45, 7) is -0.523. The lowest BCUT2D eigenvalue weighted by Gasteiger charge is -2.07. The van der Waals surface area contributed by atoms with E-state index in [-0.39, 0.29) is 6.61 Å². The molecule has 1 heterocycles. The fraction of sp³-hybridized carbons (Fsp3) is 0.200. The van der Waals surface area contributed by atoms with Crippen LogP contribution in [0.1, 0.15) is 0 Å². The van der Waals surface area contributed by atoms with Crippen molar-refractivity contribution in [1.82, 2.24) is 4.98 Å². The number of aromatic nitrogens is 1. The average Bonchev–Trinajstić information content (AvgIpc) is 2.70. The van der Waals surface area contributed by atoms with E-state index in [2.05, 4.69) is 4.98 Å². The Labute approximate surface area is 95.9 Å². The quantitative estimate of drug-likeness (QED) is 0.877. The second-order valence-corrected chi connectivity index (χ2v) is 3.76. The Morgan fingerprint density at radius 1 is 1.40 bits per heavy atom. The van der Waals surface area contributed by atoms with Gasteiger partial charge < -0.3 is 9.72 Å². The molecular formula is C10H8Cl2FNO. The Morgan fingerprint density at radius 3 is 2.93 bits per heavy atom. The zero-order valence-electron chi connectivity index (χ0n) is 7.69. The van der Waals surface area contributed by atoms with E-state index in [9.17, 15) is 4.39 Å². The fourth-order valence-corrected chi connectivity index (χ4v) is 1.80. The van der Waals surface area contributed by atoms with Gasteiger partial charge >= 0.3 is 0 Å². The van der Waals surface area contributed by atoms with Gasteiger partial charge in [-0.3, -0.25) is 0 Å². The summed E-state index contributed by atoms with van der Waals surface area (Å²) >= 11 is 11.9. The van der Waals surface area contributed by atoms with E-state index in [4.69, 9.17) is 27.9 Å². The highest BCUT2D eigenvalue weighted by molar-refractivity contribution is 6.45. The molecule has 2 rings (SSSR count). The zero-order chi connectivity index (χ0) is 10.8. The largest absolute Gasteiger partial charge is 0.490 e. The molecular weight excluding hydrogens is 240 g/mol.